The Morgan fingerprint density at radius 2 is 1.95 bits per heavy atom. The second kappa shape index (κ2) is 7.43. The first-order valence-electron chi connectivity index (χ1n) is 7.31. The minimum absolute atomic E-state index is 0.00486. The van der Waals surface area contributed by atoms with Crippen molar-refractivity contribution in [3.63, 3.8) is 0 Å². The summed E-state index contributed by atoms with van der Waals surface area (Å²) in [5.74, 6) is -0.00486. The van der Waals surface area contributed by atoms with Gasteiger partial charge in [0.05, 0.1) is 13.2 Å². The lowest BCUT2D eigenvalue weighted by Gasteiger charge is -2.29. The molecule has 0 aliphatic carbocycles. The predicted molar refractivity (Wildman–Crippen MR) is 82.4 cm³/mol. The predicted octanol–water partition coefficient (Wildman–Crippen LogP) is 1.52. The summed E-state index contributed by atoms with van der Waals surface area (Å²) in [6, 6.07) is 8.37. The number of hydrogen-bond donors (Lipinski definition) is 0. The molecule has 1 aromatic carbocycles. The van der Waals surface area contributed by atoms with Crippen molar-refractivity contribution < 1.29 is 14.3 Å². The lowest BCUT2D eigenvalue weighted by atomic mass is 10.1. The van der Waals surface area contributed by atoms with Crippen LogP contribution in [0.25, 0.3) is 0 Å². The average Bonchev–Trinajstić information content (AvgIpc) is 2.54. The Labute approximate surface area is 126 Å². The van der Waals surface area contributed by atoms with Crippen molar-refractivity contribution in [2.45, 2.75) is 19.6 Å². The molecule has 0 saturated carbocycles. The fraction of sp³-hybridized carbons (Fsp3) is 0.562. The third kappa shape index (κ3) is 4.19. The third-order valence-electron chi connectivity index (χ3n) is 3.81. The highest BCUT2D eigenvalue weighted by Crippen LogP contribution is 2.17. The standard InChI is InChI=1S/C16H24N2O3/c1-13(20-3)16(19)17(2)12-14-4-6-15(7-5-14)18-8-10-21-11-9-18/h4-7,13H,8-12H2,1-3H3. The third-order valence-corrected chi connectivity index (χ3v) is 3.81. The molecule has 5 nitrogen and oxygen atoms in total. The van der Waals surface area contributed by atoms with Crippen molar-refractivity contribution in [1.29, 1.82) is 0 Å². The summed E-state index contributed by atoms with van der Waals surface area (Å²) < 4.78 is 10.4. The molecule has 1 amide bonds. The van der Waals surface area contributed by atoms with Crippen LogP contribution in [0.3, 0.4) is 0 Å². The van der Waals surface area contributed by atoms with E-state index >= 15 is 0 Å². The maximum absolute atomic E-state index is 12.0. The Balaban J connectivity index is 1.94. The molecule has 0 aromatic heterocycles. The van der Waals surface area contributed by atoms with E-state index < -0.39 is 6.10 Å². The van der Waals surface area contributed by atoms with Crippen LogP contribution in [0.2, 0.25) is 0 Å². The van der Waals surface area contributed by atoms with E-state index in [1.165, 1.54) is 5.69 Å². The Kier molecular flexibility index (Phi) is 5.59. The van der Waals surface area contributed by atoms with Crippen LogP contribution in [0, 0.1) is 0 Å². The molecule has 0 bridgehead atoms. The monoisotopic (exact) mass is 292 g/mol. The number of morpholine rings is 1. The Morgan fingerprint density at radius 3 is 2.52 bits per heavy atom. The van der Waals surface area contributed by atoms with Crippen molar-refractivity contribution in [2.24, 2.45) is 0 Å². The largest absolute Gasteiger partial charge is 0.378 e. The van der Waals surface area contributed by atoms with Gasteiger partial charge in [0, 0.05) is 39.5 Å². The molecule has 1 aromatic rings. The van der Waals surface area contributed by atoms with Crippen LogP contribution in [0.15, 0.2) is 24.3 Å². The SMILES string of the molecule is COC(C)C(=O)N(C)Cc1ccc(N2CCOCC2)cc1. The molecule has 1 unspecified atom stereocenters. The number of ether oxygens (including phenoxy) is 2. The number of amides is 1. The summed E-state index contributed by atoms with van der Waals surface area (Å²) in [6.07, 6.45) is -0.400. The molecule has 21 heavy (non-hydrogen) atoms. The van der Waals surface area contributed by atoms with E-state index in [1.54, 1.807) is 26.0 Å². The average molecular weight is 292 g/mol. The lowest BCUT2D eigenvalue weighted by molar-refractivity contribution is -0.140. The summed E-state index contributed by atoms with van der Waals surface area (Å²) in [7, 11) is 3.35. The Hall–Kier alpha value is -1.59. The zero-order valence-electron chi connectivity index (χ0n) is 13.0. The van der Waals surface area contributed by atoms with Crippen molar-refractivity contribution in [1.82, 2.24) is 4.90 Å². The highest BCUT2D eigenvalue weighted by molar-refractivity contribution is 5.80. The molecule has 1 heterocycles. The van der Waals surface area contributed by atoms with Gasteiger partial charge in [-0.25, -0.2) is 0 Å². The number of carbonyl (C=O) groups is 1. The van der Waals surface area contributed by atoms with Crippen molar-refractivity contribution in [3.05, 3.63) is 29.8 Å². The van der Waals surface area contributed by atoms with Gasteiger partial charge in [-0.1, -0.05) is 12.1 Å². The van der Waals surface area contributed by atoms with Gasteiger partial charge in [0.1, 0.15) is 6.10 Å². The maximum Gasteiger partial charge on any atom is 0.251 e. The van der Waals surface area contributed by atoms with Crippen LogP contribution in [-0.4, -0.2) is 57.4 Å². The van der Waals surface area contributed by atoms with Crippen molar-refractivity contribution in [2.75, 3.05) is 45.4 Å². The van der Waals surface area contributed by atoms with E-state index in [2.05, 4.69) is 29.2 Å². The first-order valence-corrected chi connectivity index (χ1v) is 7.31. The highest BCUT2D eigenvalue weighted by Gasteiger charge is 2.17. The number of carbonyl (C=O) groups excluding carboxylic acids is 1. The van der Waals surface area contributed by atoms with Gasteiger partial charge < -0.3 is 19.3 Å². The number of hydrogen-bond acceptors (Lipinski definition) is 4. The molecule has 1 atom stereocenters. The van der Waals surface area contributed by atoms with Gasteiger partial charge in [-0.05, 0) is 24.6 Å². The fourth-order valence-corrected chi connectivity index (χ4v) is 2.40. The minimum atomic E-state index is -0.400. The van der Waals surface area contributed by atoms with Gasteiger partial charge >= 0.3 is 0 Å². The first-order chi connectivity index (χ1) is 10.1. The first kappa shape index (κ1) is 15.8. The molecule has 1 aliphatic rings. The van der Waals surface area contributed by atoms with E-state index in [0.717, 1.165) is 31.9 Å². The number of anilines is 1. The molecule has 1 saturated heterocycles. The van der Waals surface area contributed by atoms with Crippen molar-refractivity contribution >= 4 is 11.6 Å². The van der Waals surface area contributed by atoms with E-state index in [1.807, 2.05) is 0 Å². The second-order valence-electron chi connectivity index (χ2n) is 5.34. The Morgan fingerprint density at radius 1 is 1.33 bits per heavy atom. The van der Waals surface area contributed by atoms with Gasteiger partial charge in [-0.3, -0.25) is 4.79 Å². The number of rotatable bonds is 5. The molecule has 0 radical (unpaired) electrons. The van der Waals surface area contributed by atoms with E-state index in [4.69, 9.17) is 9.47 Å². The lowest BCUT2D eigenvalue weighted by Crippen LogP contribution is -2.36. The highest BCUT2D eigenvalue weighted by atomic mass is 16.5. The number of likely N-dealkylation sites (N-methyl/N-ethyl adjacent to an activating group) is 1. The molecule has 2 rings (SSSR count). The van der Waals surface area contributed by atoms with Crippen LogP contribution in [0.5, 0.6) is 0 Å². The quantitative estimate of drug-likeness (QED) is 0.825. The van der Waals surface area contributed by atoms with Crippen LogP contribution in [0.1, 0.15) is 12.5 Å². The van der Waals surface area contributed by atoms with Crippen LogP contribution in [-0.2, 0) is 20.8 Å². The van der Waals surface area contributed by atoms with Gasteiger partial charge in [0.25, 0.3) is 5.91 Å². The molecule has 0 spiro atoms. The summed E-state index contributed by atoms with van der Waals surface area (Å²) in [6.45, 7) is 5.80. The summed E-state index contributed by atoms with van der Waals surface area (Å²) in [4.78, 5) is 16.0. The number of benzene rings is 1. The number of methoxy groups -OCH3 is 1. The van der Waals surface area contributed by atoms with Crippen LogP contribution < -0.4 is 4.90 Å². The minimum Gasteiger partial charge on any atom is -0.378 e. The maximum atomic E-state index is 12.0. The molecule has 1 fully saturated rings. The van der Waals surface area contributed by atoms with E-state index in [-0.39, 0.29) is 5.91 Å². The fourth-order valence-electron chi connectivity index (χ4n) is 2.40. The normalized spacial score (nSPS) is 16.6. The van der Waals surface area contributed by atoms with Gasteiger partial charge in [-0.15, -0.1) is 0 Å². The van der Waals surface area contributed by atoms with Gasteiger partial charge in [-0.2, -0.15) is 0 Å². The zero-order chi connectivity index (χ0) is 15.2. The van der Waals surface area contributed by atoms with Gasteiger partial charge in [0.2, 0.25) is 0 Å². The van der Waals surface area contributed by atoms with E-state index in [9.17, 15) is 4.79 Å². The van der Waals surface area contributed by atoms with Crippen LogP contribution >= 0.6 is 0 Å². The molecule has 116 valence electrons. The molecule has 5 heteroatoms. The zero-order valence-corrected chi connectivity index (χ0v) is 13.0. The summed E-state index contributed by atoms with van der Waals surface area (Å²) in [5, 5.41) is 0. The van der Waals surface area contributed by atoms with E-state index in [0.29, 0.717) is 6.54 Å². The molecule has 1 aliphatic heterocycles. The molecular weight excluding hydrogens is 268 g/mol. The second-order valence-corrected chi connectivity index (χ2v) is 5.34. The topological polar surface area (TPSA) is 42.0 Å². The summed E-state index contributed by atoms with van der Waals surface area (Å²) in [5.41, 5.74) is 2.33. The number of nitrogens with zero attached hydrogens (tertiary/aromatic N) is 2. The molecular formula is C16H24N2O3. The Bertz CT molecular complexity index is 455. The van der Waals surface area contributed by atoms with Crippen molar-refractivity contribution in [3.8, 4) is 0 Å². The van der Waals surface area contributed by atoms with Gasteiger partial charge in [0.15, 0.2) is 0 Å². The summed E-state index contributed by atoms with van der Waals surface area (Å²) >= 11 is 0. The smallest absolute Gasteiger partial charge is 0.251 e. The molecule has 0 N–H and O–H groups in total. The van der Waals surface area contributed by atoms with Crippen LogP contribution in [0.4, 0.5) is 5.69 Å².